The molecule has 2 N–H and O–H groups in total. The number of pyridine rings is 3. The molecule has 0 fully saturated rings. The fourth-order valence-corrected chi connectivity index (χ4v) is 4.03. The molecule has 5 aromatic heterocycles. The number of nitrogens with zero attached hydrogens (tertiary/aromatic N) is 4. The lowest BCUT2D eigenvalue weighted by atomic mass is 10.0. The molecule has 0 aliphatic carbocycles. The van der Waals surface area contributed by atoms with Crippen LogP contribution in [0.1, 0.15) is 5.56 Å². The molecule has 5 heterocycles. The molecule has 6 heteroatoms. The Kier molecular flexibility index (Phi) is 3.89. The Labute approximate surface area is 178 Å². The monoisotopic (exact) mass is 402 g/mol. The molecular weight excluding hydrogens is 384 g/mol. The van der Waals surface area contributed by atoms with Crippen molar-refractivity contribution in [2.45, 2.75) is 6.92 Å². The average Bonchev–Trinajstić information content (AvgIpc) is 3.43. The summed E-state index contributed by atoms with van der Waals surface area (Å²) >= 11 is 0. The van der Waals surface area contributed by atoms with Gasteiger partial charge in [-0.2, -0.15) is 5.10 Å². The molecule has 0 radical (unpaired) electrons. The van der Waals surface area contributed by atoms with Crippen LogP contribution in [0.15, 0.2) is 79.4 Å². The van der Waals surface area contributed by atoms with Crippen molar-refractivity contribution in [3.05, 3.63) is 84.9 Å². The maximum atomic E-state index is 4.93. The molecule has 6 aromatic rings. The average molecular weight is 402 g/mol. The summed E-state index contributed by atoms with van der Waals surface area (Å²) in [7, 11) is 0. The van der Waals surface area contributed by atoms with E-state index in [1.54, 1.807) is 6.20 Å². The molecule has 0 saturated carbocycles. The van der Waals surface area contributed by atoms with Crippen LogP contribution < -0.4 is 0 Å². The number of benzene rings is 1. The van der Waals surface area contributed by atoms with Crippen molar-refractivity contribution in [1.82, 2.24) is 30.1 Å². The second-order valence-electron chi connectivity index (χ2n) is 7.54. The normalized spacial score (nSPS) is 11.4. The van der Waals surface area contributed by atoms with E-state index in [0.29, 0.717) is 0 Å². The first-order valence-corrected chi connectivity index (χ1v) is 10.1. The van der Waals surface area contributed by atoms with Crippen LogP contribution in [0.4, 0.5) is 0 Å². The highest BCUT2D eigenvalue weighted by Gasteiger charge is 2.15. The molecule has 31 heavy (non-hydrogen) atoms. The number of aromatic amines is 2. The minimum Gasteiger partial charge on any atom is -0.353 e. The van der Waals surface area contributed by atoms with Gasteiger partial charge in [-0.05, 0) is 66.1 Å². The summed E-state index contributed by atoms with van der Waals surface area (Å²) < 4.78 is 0. The van der Waals surface area contributed by atoms with E-state index in [9.17, 15) is 0 Å². The van der Waals surface area contributed by atoms with Gasteiger partial charge in [0.1, 0.15) is 11.2 Å². The predicted octanol–water partition coefficient (Wildman–Crippen LogP) is 5.54. The first-order valence-electron chi connectivity index (χ1n) is 10.1. The Hall–Kier alpha value is -4.32. The maximum absolute atomic E-state index is 4.93. The van der Waals surface area contributed by atoms with Crippen LogP contribution in [0.3, 0.4) is 0 Å². The van der Waals surface area contributed by atoms with E-state index in [0.717, 1.165) is 61.3 Å². The molecule has 0 saturated heterocycles. The summed E-state index contributed by atoms with van der Waals surface area (Å²) in [6.45, 7) is 2.07. The maximum Gasteiger partial charge on any atom is 0.135 e. The molecule has 0 unspecified atom stereocenters. The van der Waals surface area contributed by atoms with E-state index in [1.807, 2.05) is 48.9 Å². The third kappa shape index (κ3) is 2.88. The molecular formula is C25H18N6. The lowest BCUT2D eigenvalue weighted by Crippen LogP contribution is -1.89. The zero-order valence-corrected chi connectivity index (χ0v) is 16.8. The summed E-state index contributed by atoms with van der Waals surface area (Å²) in [6.07, 6.45) is 7.28. The van der Waals surface area contributed by atoms with Gasteiger partial charge in [-0.3, -0.25) is 15.1 Å². The van der Waals surface area contributed by atoms with Gasteiger partial charge in [0, 0.05) is 41.3 Å². The van der Waals surface area contributed by atoms with Crippen LogP contribution in [0.2, 0.25) is 0 Å². The lowest BCUT2D eigenvalue weighted by molar-refractivity contribution is 1.12. The van der Waals surface area contributed by atoms with E-state index >= 15 is 0 Å². The van der Waals surface area contributed by atoms with Gasteiger partial charge in [-0.15, -0.1) is 0 Å². The van der Waals surface area contributed by atoms with Gasteiger partial charge in [0.05, 0.1) is 16.9 Å². The van der Waals surface area contributed by atoms with Crippen molar-refractivity contribution >= 4 is 21.9 Å². The topological polar surface area (TPSA) is 83.1 Å². The minimum absolute atomic E-state index is 0.801. The summed E-state index contributed by atoms with van der Waals surface area (Å²) in [5.41, 5.74) is 9.84. The van der Waals surface area contributed by atoms with Crippen molar-refractivity contribution in [2.75, 3.05) is 0 Å². The molecule has 0 aliphatic heterocycles. The number of aryl methyl sites for hydroxylation is 1. The van der Waals surface area contributed by atoms with E-state index in [1.165, 1.54) is 0 Å². The lowest BCUT2D eigenvalue weighted by Gasteiger charge is -2.04. The number of H-pyrrole nitrogens is 2. The fraction of sp³-hybridized carbons (Fsp3) is 0.0400. The number of aromatic nitrogens is 6. The molecule has 0 amide bonds. The highest BCUT2D eigenvalue weighted by molar-refractivity contribution is 6.00. The number of rotatable bonds is 3. The molecule has 0 atom stereocenters. The Bertz CT molecular complexity index is 1550. The van der Waals surface area contributed by atoms with Crippen LogP contribution >= 0.6 is 0 Å². The van der Waals surface area contributed by atoms with Crippen molar-refractivity contribution < 1.29 is 0 Å². The van der Waals surface area contributed by atoms with Crippen LogP contribution in [-0.4, -0.2) is 30.1 Å². The Morgan fingerprint density at radius 1 is 0.806 bits per heavy atom. The van der Waals surface area contributed by atoms with Gasteiger partial charge in [0.2, 0.25) is 0 Å². The predicted molar refractivity (Wildman–Crippen MR) is 122 cm³/mol. The summed E-state index contributed by atoms with van der Waals surface area (Å²) in [5.74, 6) is 0. The van der Waals surface area contributed by atoms with Gasteiger partial charge >= 0.3 is 0 Å². The van der Waals surface area contributed by atoms with Crippen molar-refractivity contribution in [3.8, 4) is 33.8 Å². The number of hydrogen-bond acceptors (Lipinski definition) is 4. The quantitative estimate of drug-likeness (QED) is 0.407. The van der Waals surface area contributed by atoms with Crippen LogP contribution in [0.5, 0.6) is 0 Å². The zero-order chi connectivity index (χ0) is 20.8. The summed E-state index contributed by atoms with van der Waals surface area (Å²) in [5, 5.41) is 8.83. The van der Waals surface area contributed by atoms with Gasteiger partial charge in [0.25, 0.3) is 0 Å². The smallest absolute Gasteiger partial charge is 0.135 e. The van der Waals surface area contributed by atoms with Crippen molar-refractivity contribution in [2.24, 2.45) is 0 Å². The Morgan fingerprint density at radius 2 is 1.68 bits per heavy atom. The van der Waals surface area contributed by atoms with Crippen molar-refractivity contribution in [3.63, 3.8) is 0 Å². The SMILES string of the molecule is Cc1ccncc1-c1ccc2[nH]nc(-c3cc4c(-c5ccncc5)cccc4[nH]3)c2n1. The highest BCUT2D eigenvalue weighted by Crippen LogP contribution is 2.34. The summed E-state index contributed by atoms with van der Waals surface area (Å²) in [4.78, 5) is 16.9. The fourth-order valence-electron chi connectivity index (χ4n) is 4.03. The molecule has 6 nitrogen and oxygen atoms in total. The highest BCUT2D eigenvalue weighted by atomic mass is 15.1. The van der Waals surface area contributed by atoms with E-state index in [-0.39, 0.29) is 0 Å². The number of nitrogens with one attached hydrogen (secondary N) is 2. The van der Waals surface area contributed by atoms with Gasteiger partial charge in [-0.1, -0.05) is 12.1 Å². The minimum atomic E-state index is 0.801. The second kappa shape index (κ2) is 6.88. The Morgan fingerprint density at radius 3 is 2.55 bits per heavy atom. The molecule has 148 valence electrons. The van der Waals surface area contributed by atoms with Crippen LogP contribution in [0, 0.1) is 6.92 Å². The van der Waals surface area contributed by atoms with Gasteiger partial charge in [-0.25, -0.2) is 4.98 Å². The van der Waals surface area contributed by atoms with Crippen molar-refractivity contribution in [1.29, 1.82) is 0 Å². The standard InChI is InChI=1S/C25H18N6/c1-15-7-10-27-14-19(15)21-5-6-22-24(29-21)25(31-30-22)23-13-18-17(3-2-4-20(18)28-23)16-8-11-26-12-9-16/h2-14,28H,1H3,(H,30,31). The largest absolute Gasteiger partial charge is 0.353 e. The molecule has 0 aliphatic rings. The Balaban J connectivity index is 1.52. The number of hydrogen-bond donors (Lipinski definition) is 2. The third-order valence-corrected chi connectivity index (χ3v) is 5.63. The van der Waals surface area contributed by atoms with Gasteiger partial charge in [0.15, 0.2) is 0 Å². The molecule has 1 aromatic carbocycles. The first kappa shape index (κ1) is 17.5. The third-order valence-electron chi connectivity index (χ3n) is 5.63. The van der Waals surface area contributed by atoms with Crippen LogP contribution in [0.25, 0.3) is 55.7 Å². The second-order valence-corrected chi connectivity index (χ2v) is 7.54. The van der Waals surface area contributed by atoms with E-state index < -0.39 is 0 Å². The van der Waals surface area contributed by atoms with E-state index in [4.69, 9.17) is 4.98 Å². The molecule has 0 bridgehead atoms. The first-order chi connectivity index (χ1) is 15.3. The number of fused-ring (bicyclic) bond motifs is 2. The molecule has 6 rings (SSSR count). The summed E-state index contributed by atoms with van der Waals surface area (Å²) in [6, 6.07) is 18.5. The zero-order valence-electron chi connectivity index (χ0n) is 16.8. The van der Waals surface area contributed by atoms with Gasteiger partial charge < -0.3 is 4.98 Å². The molecule has 0 spiro atoms. The van der Waals surface area contributed by atoms with Crippen LogP contribution in [-0.2, 0) is 0 Å². The van der Waals surface area contributed by atoms with E-state index in [2.05, 4.69) is 56.3 Å².